The molecule has 0 spiro atoms. The molecule has 0 saturated heterocycles. The second-order valence-corrected chi connectivity index (χ2v) is 6.90. The maximum Gasteiger partial charge on any atom is 0.420 e. The van der Waals surface area contributed by atoms with Crippen molar-refractivity contribution in [1.82, 2.24) is 14.5 Å². The number of para-hydroxylation sites is 2. The molecule has 4 rings (SSSR count). The van der Waals surface area contributed by atoms with Gasteiger partial charge in [-0.15, -0.1) is 0 Å². The molecule has 136 valence electrons. The zero-order chi connectivity index (χ0) is 18.6. The maximum atomic E-state index is 13.0. The quantitative estimate of drug-likeness (QED) is 0.516. The first-order valence-electron chi connectivity index (χ1n) is 8.48. The molecule has 27 heavy (non-hydrogen) atoms. The van der Waals surface area contributed by atoms with Crippen molar-refractivity contribution in [2.75, 3.05) is 0 Å². The largest absolute Gasteiger partial charge is 0.420 e. The minimum atomic E-state index is -0.530. The first-order chi connectivity index (χ1) is 13.2. The summed E-state index contributed by atoms with van der Waals surface area (Å²) in [5.41, 5.74) is 2.94. The Balaban J connectivity index is 1.61. The van der Waals surface area contributed by atoms with Gasteiger partial charge < -0.3 is 9.32 Å². The van der Waals surface area contributed by atoms with Crippen molar-refractivity contribution in [1.29, 1.82) is 0 Å². The van der Waals surface area contributed by atoms with Crippen LogP contribution in [0.2, 0.25) is 0 Å². The van der Waals surface area contributed by atoms with E-state index in [-0.39, 0.29) is 12.5 Å². The van der Waals surface area contributed by atoms with Crippen LogP contribution in [0.25, 0.3) is 11.1 Å². The van der Waals surface area contributed by atoms with Crippen LogP contribution < -0.4 is 5.76 Å². The van der Waals surface area contributed by atoms with E-state index in [2.05, 4.69) is 4.98 Å². The third-order valence-electron chi connectivity index (χ3n) is 4.25. The monoisotopic (exact) mass is 379 g/mol. The predicted octanol–water partition coefficient (Wildman–Crippen LogP) is 3.28. The van der Waals surface area contributed by atoms with Crippen LogP contribution >= 0.6 is 11.3 Å². The highest BCUT2D eigenvalue weighted by molar-refractivity contribution is 7.07. The van der Waals surface area contributed by atoms with Gasteiger partial charge in [0.25, 0.3) is 0 Å². The zero-order valence-corrected chi connectivity index (χ0v) is 15.3. The van der Waals surface area contributed by atoms with Crippen LogP contribution in [0.5, 0.6) is 0 Å². The van der Waals surface area contributed by atoms with Gasteiger partial charge in [-0.3, -0.25) is 14.3 Å². The Morgan fingerprint density at radius 2 is 1.96 bits per heavy atom. The van der Waals surface area contributed by atoms with Crippen molar-refractivity contribution in [3.8, 4) is 0 Å². The van der Waals surface area contributed by atoms with E-state index in [1.165, 1.54) is 4.57 Å². The molecule has 1 amide bonds. The number of oxazole rings is 1. The summed E-state index contributed by atoms with van der Waals surface area (Å²) in [4.78, 5) is 31.2. The van der Waals surface area contributed by atoms with Crippen LogP contribution in [0.15, 0.2) is 74.7 Å². The minimum absolute atomic E-state index is 0.0766. The summed E-state index contributed by atoms with van der Waals surface area (Å²) in [6.07, 6.45) is 1.71. The molecule has 0 saturated carbocycles. The van der Waals surface area contributed by atoms with Crippen LogP contribution in [-0.2, 0) is 24.4 Å². The van der Waals surface area contributed by atoms with Crippen LogP contribution in [0.3, 0.4) is 0 Å². The summed E-state index contributed by atoms with van der Waals surface area (Å²) >= 11 is 1.59. The molecule has 6 nitrogen and oxygen atoms in total. The van der Waals surface area contributed by atoms with Crippen molar-refractivity contribution < 1.29 is 9.21 Å². The summed E-state index contributed by atoms with van der Waals surface area (Å²) in [5, 5.41) is 3.99. The molecule has 7 heteroatoms. The van der Waals surface area contributed by atoms with Gasteiger partial charge in [-0.1, -0.05) is 18.2 Å². The van der Waals surface area contributed by atoms with Gasteiger partial charge >= 0.3 is 5.76 Å². The van der Waals surface area contributed by atoms with E-state index in [4.69, 9.17) is 4.42 Å². The number of carbonyl (C=O) groups is 1. The van der Waals surface area contributed by atoms with Gasteiger partial charge in [0.1, 0.15) is 6.54 Å². The summed E-state index contributed by atoms with van der Waals surface area (Å²) < 4.78 is 6.60. The standard InChI is InChI=1S/C20H17N3O3S/c24-19(13-23-17-6-1-2-7-18(17)26-20(23)25)22(11-15-8-10-27-14-15)12-16-5-3-4-9-21-16/h1-10,14H,11-13H2. The number of hydrogen-bond acceptors (Lipinski definition) is 5. The van der Waals surface area contributed by atoms with E-state index in [0.29, 0.717) is 24.2 Å². The SMILES string of the molecule is O=C(Cn1c(=O)oc2ccccc21)N(Cc1ccsc1)Cc1ccccn1. The fourth-order valence-electron chi connectivity index (χ4n) is 2.92. The number of aromatic nitrogens is 2. The molecule has 4 aromatic rings. The molecule has 0 bridgehead atoms. The Hall–Kier alpha value is -3.19. The molecule has 0 atom stereocenters. The first-order valence-corrected chi connectivity index (χ1v) is 9.42. The molecule has 0 aliphatic carbocycles. The zero-order valence-electron chi connectivity index (χ0n) is 14.4. The Labute approximate surface area is 159 Å². The van der Waals surface area contributed by atoms with E-state index in [9.17, 15) is 9.59 Å². The second-order valence-electron chi connectivity index (χ2n) is 6.12. The predicted molar refractivity (Wildman–Crippen MR) is 103 cm³/mol. The van der Waals surface area contributed by atoms with E-state index >= 15 is 0 Å². The van der Waals surface area contributed by atoms with Crippen LogP contribution in [0, 0.1) is 0 Å². The van der Waals surface area contributed by atoms with Gasteiger partial charge in [-0.25, -0.2) is 4.79 Å². The van der Waals surface area contributed by atoms with Crippen LogP contribution in [-0.4, -0.2) is 20.4 Å². The molecule has 0 unspecified atom stereocenters. The average Bonchev–Trinajstić information content (AvgIpc) is 3.30. The molecule has 1 aromatic carbocycles. The van der Waals surface area contributed by atoms with E-state index in [1.54, 1.807) is 40.6 Å². The molecular formula is C20H17N3O3S. The van der Waals surface area contributed by atoms with Crippen molar-refractivity contribution in [3.63, 3.8) is 0 Å². The van der Waals surface area contributed by atoms with Crippen LogP contribution in [0.1, 0.15) is 11.3 Å². The fraction of sp³-hybridized carbons (Fsp3) is 0.150. The van der Waals surface area contributed by atoms with Gasteiger partial charge in [-0.05, 0) is 46.7 Å². The summed E-state index contributed by atoms with van der Waals surface area (Å²) in [5.74, 6) is -0.696. The normalized spacial score (nSPS) is 11.0. The molecule has 0 aliphatic heterocycles. The lowest BCUT2D eigenvalue weighted by Gasteiger charge is -2.22. The lowest BCUT2D eigenvalue weighted by Crippen LogP contribution is -2.35. The van der Waals surface area contributed by atoms with Gasteiger partial charge in [0.2, 0.25) is 5.91 Å². The highest BCUT2D eigenvalue weighted by Crippen LogP contribution is 2.15. The van der Waals surface area contributed by atoms with Gasteiger partial charge in [0, 0.05) is 12.7 Å². The number of rotatable bonds is 6. The number of carbonyl (C=O) groups excluding carboxylic acids is 1. The van der Waals surface area contributed by atoms with Crippen molar-refractivity contribution >= 4 is 28.3 Å². The molecule has 3 heterocycles. The maximum absolute atomic E-state index is 13.0. The first kappa shape index (κ1) is 17.2. The van der Waals surface area contributed by atoms with Crippen molar-refractivity contribution in [2.24, 2.45) is 0 Å². The molecule has 3 aromatic heterocycles. The van der Waals surface area contributed by atoms with Gasteiger partial charge in [0.15, 0.2) is 5.58 Å². The number of pyridine rings is 1. The number of nitrogens with zero attached hydrogens (tertiary/aromatic N) is 3. The third kappa shape index (κ3) is 3.83. The Morgan fingerprint density at radius 1 is 1.11 bits per heavy atom. The minimum Gasteiger partial charge on any atom is -0.408 e. The lowest BCUT2D eigenvalue weighted by atomic mass is 10.2. The summed E-state index contributed by atoms with van der Waals surface area (Å²) in [6.45, 7) is 0.760. The van der Waals surface area contributed by atoms with Gasteiger partial charge in [-0.2, -0.15) is 11.3 Å². The highest BCUT2D eigenvalue weighted by Gasteiger charge is 2.19. The van der Waals surface area contributed by atoms with E-state index in [0.717, 1.165) is 11.3 Å². The topological polar surface area (TPSA) is 68.3 Å². The fourth-order valence-corrected chi connectivity index (χ4v) is 3.58. The summed E-state index contributed by atoms with van der Waals surface area (Å²) in [7, 11) is 0. The molecule has 0 radical (unpaired) electrons. The lowest BCUT2D eigenvalue weighted by molar-refractivity contribution is -0.133. The highest BCUT2D eigenvalue weighted by atomic mass is 32.1. The number of hydrogen-bond donors (Lipinski definition) is 0. The van der Waals surface area contributed by atoms with Crippen LogP contribution in [0.4, 0.5) is 0 Å². The average molecular weight is 379 g/mol. The van der Waals surface area contributed by atoms with Gasteiger partial charge in [0.05, 0.1) is 17.8 Å². The Bertz CT molecular complexity index is 1100. The molecule has 0 fully saturated rings. The second kappa shape index (κ2) is 7.59. The Kier molecular flexibility index (Phi) is 4.84. The summed E-state index contributed by atoms with van der Waals surface area (Å²) in [6, 6.07) is 14.7. The van der Waals surface area contributed by atoms with E-state index < -0.39 is 5.76 Å². The number of fused-ring (bicyclic) bond motifs is 1. The number of amides is 1. The molecule has 0 aliphatic rings. The van der Waals surface area contributed by atoms with E-state index in [1.807, 2.05) is 41.1 Å². The number of benzene rings is 1. The number of thiophene rings is 1. The third-order valence-corrected chi connectivity index (χ3v) is 4.98. The van der Waals surface area contributed by atoms with Crippen molar-refractivity contribution in [2.45, 2.75) is 19.6 Å². The molecule has 0 N–H and O–H groups in total. The van der Waals surface area contributed by atoms with Crippen molar-refractivity contribution in [3.05, 3.63) is 87.3 Å². The Morgan fingerprint density at radius 3 is 2.74 bits per heavy atom. The smallest absolute Gasteiger partial charge is 0.408 e. The molecular weight excluding hydrogens is 362 g/mol.